The lowest BCUT2D eigenvalue weighted by Gasteiger charge is -2.32. The van der Waals surface area contributed by atoms with Crippen molar-refractivity contribution in [2.75, 3.05) is 18.0 Å². The normalized spacial score (nSPS) is 14.3. The smallest absolute Gasteiger partial charge is 0.264 e. The number of amides is 2. The summed E-state index contributed by atoms with van der Waals surface area (Å²) in [5.74, 6) is -0.363. The van der Waals surface area contributed by atoms with E-state index in [1.54, 1.807) is 61.5 Å². The fraction of sp³-hybridized carbons (Fsp3) is 0.355. The second-order valence-electron chi connectivity index (χ2n) is 10.3. The van der Waals surface area contributed by atoms with Crippen molar-refractivity contribution >= 4 is 39.1 Å². The molecule has 0 heterocycles. The van der Waals surface area contributed by atoms with Crippen molar-refractivity contribution in [3.05, 3.63) is 88.9 Å². The van der Waals surface area contributed by atoms with Crippen molar-refractivity contribution in [3.63, 3.8) is 0 Å². The van der Waals surface area contributed by atoms with Crippen LogP contribution < -0.4 is 14.4 Å². The molecule has 0 aromatic heterocycles. The number of carbonyl (C=O) groups is 2. The molecule has 0 saturated heterocycles. The summed E-state index contributed by atoms with van der Waals surface area (Å²) >= 11 is 6.21. The third-order valence-corrected chi connectivity index (χ3v) is 9.36. The van der Waals surface area contributed by atoms with Gasteiger partial charge in [-0.2, -0.15) is 0 Å². The van der Waals surface area contributed by atoms with Gasteiger partial charge >= 0.3 is 0 Å². The molecule has 0 aliphatic heterocycles. The van der Waals surface area contributed by atoms with Gasteiger partial charge in [0.05, 0.1) is 17.7 Å². The van der Waals surface area contributed by atoms with Crippen LogP contribution in [-0.2, 0) is 26.2 Å². The molecule has 3 aromatic rings. The van der Waals surface area contributed by atoms with Gasteiger partial charge in [-0.3, -0.25) is 13.9 Å². The molecule has 218 valence electrons. The molecule has 0 radical (unpaired) electrons. The Bertz CT molecular complexity index is 1470. The van der Waals surface area contributed by atoms with Crippen LogP contribution in [0.25, 0.3) is 0 Å². The molecule has 4 rings (SSSR count). The maximum atomic E-state index is 14.1. The van der Waals surface area contributed by atoms with Crippen LogP contribution in [0.15, 0.2) is 77.7 Å². The average molecular weight is 598 g/mol. The molecule has 10 heteroatoms. The summed E-state index contributed by atoms with van der Waals surface area (Å²) in [7, 11) is -2.67. The van der Waals surface area contributed by atoms with E-state index in [1.807, 2.05) is 13.0 Å². The van der Waals surface area contributed by atoms with E-state index in [-0.39, 0.29) is 29.1 Å². The first-order chi connectivity index (χ1) is 19.6. The predicted molar refractivity (Wildman–Crippen MR) is 161 cm³/mol. The minimum Gasteiger partial charge on any atom is -0.497 e. The number of halogens is 1. The number of aryl methyl sites for hydroxylation is 1. The van der Waals surface area contributed by atoms with Gasteiger partial charge in [0.2, 0.25) is 11.8 Å². The molecular weight excluding hydrogens is 562 g/mol. The van der Waals surface area contributed by atoms with E-state index in [0.29, 0.717) is 10.8 Å². The first kappa shape index (κ1) is 30.4. The topological polar surface area (TPSA) is 96.0 Å². The van der Waals surface area contributed by atoms with Gasteiger partial charge in [-0.25, -0.2) is 8.42 Å². The molecule has 2 amide bonds. The third-order valence-electron chi connectivity index (χ3n) is 7.34. The second kappa shape index (κ2) is 13.4. The Hall–Kier alpha value is -3.56. The molecule has 8 nitrogen and oxygen atoms in total. The molecule has 1 atom stereocenters. The quantitative estimate of drug-likeness (QED) is 0.322. The van der Waals surface area contributed by atoms with Crippen LogP contribution in [0.1, 0.15) is 43.7 Å². The summed E-state index contributed by atoms with van der Waals surface area (Å²) in [5.41, 5.74) is 1.90. The van der Waals surface area contributed by atoms with Gasteiger partial charge in [-0.1, -0.05) is 60.3 Å². The van der Waals surface area contributed by atoms with Gasteiger partial charge in [-0.05, 0) is 68.7 Å². The molecular formula is C31H36ClN3O5S. The number of nitrogens with zero attached hydrogens (tertiary/aromatic N) is 2. The van der Waals surface area contributed by atoms with Crippen LogP contribution in [0, 0.1) is 6.92 Å². The molecule has 1 N–H and O–H groups in total. The van der Waals surface area contributed by atoms with Crippen LogP contribution in [0.5, 0.6) is 5.75 Å². The van der Waals surface area contributed by atoms with Crippen molar-refractivity contribution in [2.24, 2.45) is 0 Å². The Morgan fingerprint density at radius 3 is 2.37 bits per heavy atom. The Morgan fingerprint density at radius 2 is 1.71 bits per heavy atom. The Labute approximate surface area is 247 Å². The van der Waals surface area contributed by atoms with E-state index in [9.17, 15) is 18.0 Å². The first-order valence-corrected chi connectivity index (χ1v) is 15.5. The van der Waals surface area contributed by atoms with E-state index >= 15 is 0 Å². The number of ether oxygens (including phenoxy) is 1. The Kier molecular flexibility index (Phi) is 9.94. The van der Waals surface area contributed by atoms with Gasteiger partial charge in [0.1, 0.15) is 18.3 Å². The molecule has 1 fully saturated rings. The number of methoxy groups -OCH3 is 1. The number of hydrogen-bond acceptors (Lipinski definition) is 5. The van der Waals surface area contributed by atoms with Crippen LogP contribution >= 0.6 is 11.6 Å². The Morgan fingerprint density at radius 1 is 1.02 bits per heavy atom. The molecule has 41 heavy (non-hydrogen) atoms. The number of rotatable bonds is 11. The maximum absolute atomic E-state index is 14.1. The van der Waals surface area contributed by atoms with Gasteiger partial charge in [0.25, 0.3) is 10.0 Å². The molecule has 3 aromatic carbocycles. The molecule has 1 aliphatic carbocycles. The van der Waals surface area contributed by atoms with E-state index in [1.165, 1.54) is 24.1 Å². The minimum atomic E-state index is -4.16. The second-order valence-corrected chi connectivity index (χ2v) is 12.6. The van der Waals surface area contributed by atoms with E-state index in [4.69, 9.17) is 16.3 Å². The number of sulfonamides is 1. The summed E-state index contributed by atoms with van der Waals surface area (Å²) < 4.78 is 34.3. The highest BCUT2D eigenvalue weighted by Crippen LogP contribution is 2.28. The zero-order valence-electron chi connectivity index (χ0n) is 23.5. The highest BCUT2D eigenvalue weighted by molar-refractivity contribution is 7.92. The number of anilines is 1. The summed E-state index contributed by atoms with van der Waals surface area (Å²) in [6, 6.07) is 19.3. The maximum Gasteiger partial charge on any atom is 0.264 e. The van der Waals surface area contributed by atoms with Crippen LogP contribution in [0.3, 0.4) is 0 Å². The van der Waals surface area contributed by atoms with Crippen LogP contribution in [0.4, 0.5) is 5.69 Å². The highest BCUT2D eigenvalue weighted by Gasteiger charge is 2.33. The summed E-state index contributed by atoms with van der Waals surface area (Å²) in [4.78, 5) is 28.8. The van der Waals surface area contributed by atoms with Crippen molar-refractivity contribution < 1.29 is 22.7 Å². The van der Waals surface area contributed by atoms with Crippen LogP contribution in [-0.4, -0.2) is 50.9 Å². The van der Waals surface area contributed by atoms with Crippen molar-refractivity contribution in [1.82, 2.24) is 10.2 Å². The zero-order valence-corrected chi connectivity index (χ0v) is 25.1. The van der Waals surface area contributed by atoms with E-state index in [2.05, 4.69) is 5.32 Å². The molecule has 1 unspecified atom stereocenters. The lowest BCUT2D eigenvalue weighted by molar-refractivity contribution is -0.139. The summed E-state index contributed by atoms with van der Waals surface area (Å²) in [5, 5.41) is 3.56. The molecule has 0 spiro atoms. The van der Waals surface area contributed by atoms with Crippen molar-refractivity contribution in [3.8, 4) is 5.75 Å². The number of benzene rings is 3. The SMILES string of the molecule is COc1cccc(N(CC(=O)N(Cc2cccc(Cl)c2)C(C)C(=O)NC2CCCC2)S(=O)(=O)c2ccc(C)cc2)c1. The van der Waals surface area contributed by atoms with E-state index < -0.39 is 28.5 Å². The fourth-order valence-corrected chi connectivity index (χ4v) is 6.56. The Balaban J connectivity index is 1.70. The summed E-state index contributed by atoms with van der Waals surface area (Å²) in [6.45, 7) is 3.09. The first-order valence-electron chi connectivity index (χ1n) is 13.7. The van der Waals surface area contributed by atoms with Crippen LogP contribution in [0.2, 0.25) is 5.02 Å². The third kappa shape index (κ3) is 7.59. The number of hydrogen-bond donors (Lipinski definition) is 1. The zero-order chi connectivity index (χ0) is 29.6. The number of carbonyl (C=O) groups excluding carboxylic acids is 2. The average Bonchev–Trinajstić information content (AvgIpc) is 3.47. The van der Waals surface area contributed by atoms with E-state index in [0.717, 1.165) is 41.1 Å². The van der Waals surface area contributed by atoms with Gasteiger partial charge in [0.15, 0.2) is 0 Å². The monoisotopic (exact) mass is 597 g/mol. The van der Waals surface area contributed by atoms with Gasteiger partial charge < -0.3 is 15.0 Å². The largest absolute Gasteiger partial charge is 0.497 e. The van der Waals surface area contributed by atoms with Gasteiger partial charge in [-0.15, -0.1) is 0 Å². The minimum absolute atomic E-state index is 0.0483. The fourth-order valence-electron chi connectivity index (χ4n) is 4.94. The molecule has 1 saturated carbocycles. The summed E-state index contributed by atoms with van der Waals surface area (Å²) in [6.07, 6.45) is 3.91. The van der Waals surface area contributed by atoms with Crippen molar-refractivity contribution in [2.45, 2.75) is 63.1 Å². The lowest BCUT2D eigenvalue weighted by Crippen LogP contribution is -2.52. The molecule has 1 aliphatic rings. The molecule has 0 bridgehead atoms. The number of nitrogens with one attached hydrogen (secondary N) is 1. The lowest BCUT2D eigenvalue weighted by atomic mass is 10.1. The van der Waals surface area contributed by atoms with Gasteiger partial charge in [0, 0.05) is 23.7 Å². The standard InChI is InChI=1S/C31H36ClN3O5S/c1-22-14-16-29(17-15-22)41(38,39)35(27-12-7-13-28(19-27)40-3)21-30(36)34(20-24-8-6-9-25(32)18-24)23(2)31(37)33-26-10-4-5-11-26/h6-9,12-19,23,26H,4-5,10-11,20-21H2,1-3H3,(H,33,37). The predicted octanol–water partition coefficient (Wildman–Crippen LogP) is 5.33. The highest BCUT2D eigenvalue weighted by atomic mass is 35.5. The van der Waals surface area contributed by atoms with Crippen molar-refractivity contribution in [1.29, 1.82) is 0 Å².